The maximum Gasteiger partial charge on any atom is 0.307 e. The highest BCUT2D eigenvalue weighted by atomic mass is 16.5. The molecule has 5 N–H and O–H groups in total. The summed E-state index contributed by atoms with van der Waals surface area (Å²) in [6.07, 6.45) is 13.2. The second kappa shape index (κ2) is 13.3. The van der Waals surface area contributed by atoms with Crippen molar-refractivity contribution in [3.63, 3.8) is 0 Å². The first-order valence-electron chi connectivity index (χ1n) is 7.35. The van der Waals surface area contributed by atoms with Gasteiger partial charge in [0.2, 0.25) is 0 Å². The molecule has 0 aliphatic heterocycles. The quantitative estimate of drug-likeness (QED) is 0.371. The summed E-state index contributed by atoms with van der Waals surface area (Å²) >= 11 is 0. The molecule has 0 radical (unpaired) electrons. The zero-order valence-electron chi connectivity index (χ0n) is 12.2. The maximum absolute atomic E-state index is 9.06. The van der Waals surface area contributed by atoms with Gasteiger partial charge in [-0.3, -0.25) is 5.32 Å². The van der Waals surface area contributed by atoms with Crippen LogP contribution in [0.25, 0.3) is 0 Å². The highest BCUT2D eigenvalue weighted by Gasteiger charge is 2.16. The highest BCUT2D eigenvalue weighted by Crippen LogP contribution is 2.09. The molecule has 0 heterocycles. The third-order valence-corrected chi connectivity index (χ3v) is 3.09. The average molecular weight is 263 g/mol. The van der Waals surface area contributed by atoms with Crippen LogP contribution in [0, 0.1) is 0 Å². The maximum atomic E-state index is 9.06. The molecule has 0 saturated carbocycles. The molecule has 0 aromatic carbocycles. The number of rotatable bonds is 12. The minimum atomic E-state index is -1.58. The lowest BCUT2D eigenvalue weighted by molar-refractivity contribution is -0.806. The normalized spacial score (nSPS) is 11.3. The standard InChI is InChI=1S/C14H31NO2.H2O/c1-3-4-5-6-7-8-9-10-11-12-13-15-14(2,16)17;/h15-17H,3-13H2,1-2H3;1H2. The van der Waals surface area contributed by atoms with Crippen molar-refractivity contribution < 1.29 is 21.0 Å². The Balaban J connectivity index is 0. The third kappa shape index (κ3) is 18.2. The topological polar surface area (TPSA) is 87.1 Å². The zero-order valence-corrected chi connectivity index (χ0v) is 12.2. The molecule has 0 atom stereocenters. The van der Waals surface area contributed by atoms with Gasteiger partial charge in [-0.05, 0) is 12.8 Å². The molecule has 0 fully saturated rings. The van der Waals surface area contributed by atoms with Gasteiger partial charge in [0.1, 0.15) is 0 Å². The number of aliphatic hydroxyl groups is 2. The predicted molar refractivity (Wildman–Crippen MR) is 73.4 cm³/mol. The third-order valence-electron chi connectivity index (χ3n) is 3.09. The summed E-state index contributed by atoms with van der Waals surface area (Å²) < 4.78 is 0. The second-order valence-electron chi connectivity index (χ2n) is 5.27. The molecule has 0 bridgehead atoms. The fraction of sp³-hybridized carbons (Fsp3) is 1.00. The van der Waals surface area contributed by atoms with Crippen LogP contribution < -0.4 is 5.32 Å². The van der Waals surface area contributed by atoms with Gasteiger partial charge < -0.3 is 15.7 Å². The summed E-state index contributed by atoms with van der Waals surface area (Å²) in [7, 11) is 0. The molecule has 0 rings (SSSR count). The SMILES string of the molecule is CCCCCCCCCCCC[NH2+]C(C)(O)O.[OH-]. The van der Waals surface area contributed by atoms with Crippen molar-refractivity contribution in [3.05, 3.63) is 0 Å². The molecular weight excluding hydrogens is 230 g/mol. The Morgan fingerprint density at radius 3 is 1.56 bits per heavy atom. The summed E-state index contributed by atoms with van der Waals surface area (Å²) in [5, 5.41) is 19.7. The summed E-state index contributed by atoms with van der Waals surface area (Å²) in [6, 6.07) is 0. The Labute approximate surface area is 112 Å². The number of hydrogen-bond donors (Lipinski definition) is 3. The van der Waals surface area contributed by atoms with Crippen molar-refractivity contribution >= 4 is 0 Å². The number of unbranched alkanes of at least 4 members (excludes halogenated alkanes) is 9. The van der Waals surface area contributed by atoms with Gasteiger partial charge in [-0.1, -0.05) is 58.3 Å². The molecule has 0 aromatic heterocycles. The van der Waals surface area contributed by atoms with Crippen LogP contribution in [0.4, 0.5) is 0 Å². The zero-order chi connectivity index (χ0) is 13.0. The van der Waals surface area contributed by atoms with E-state index in [-0.39, 0.29) is 5.48 Å². The summed E-state index contributed by atoms with van der Waals surface area (Å²) in [5.74, 6) is -1.58. The largest absolute Gasteiger partial charge is 0.870 e. The van der Waals surface area contributed by atoms with Gasteiger partial charge in [0.15, 0.2) is 0 Å². The number of hydrogen-bond acceptors (Lipinski definition) is 3. The molecule has 0 saturated heterocycles. The van der Waals surface area contributed by atoms with Gasteiger partial charge in [-0.15, -0.1) is 0 Å². The van der Waals surface area contributed by atoms with E-state index >= 15 is 0 Å². The summed E-state index contributed by atoms with van der Waals surface area (Å²) in [5.41, 5.74) is 0. The Bertz CT molecular complexity index is 158. The van der Waals surface area contributed by atoms with E-state index in [9.17, 15) is 0 Å². The molecule has 0 aliphatic carbocycles. The van der Waals surface area contributed by atoms with Crippen molar-refractivity contribution in [3.8, 4) is 0 Å². The molecule has 0 aromatic rings. The number of nitrogens with two attached hydrogens (primary N) is 1. The average Bonchev–Trinajstić information content (AvgIpc) is 2.24. The predicted octanol–water partition coefficient (Wildman–Crippen LogP) is 1.95. The molecule has 4 heteroatoms. The van der Waals surface area contributed by atoms with E-state index in [1.165, 1.54) is 64.7 Å². The molecule has 0 aliphatic rings. The lowest BCUT2D eigenvalue weighted by Gasteiger charge is -2.13. The van der Waals surface area contributed by atoms with Gasteiger partial charge >= 0.3 is 5.91 Å². The van der Waals surface area contributed by atoms with Gasteiger partial charge in [-0.2, -0.15) is 0 Å². The Kier molecular flexibility index (Phi) is 14.9. The first kappa shape index (κ1) is 20.2. The van der Waals surface area contributed by atoms with Crippen LogP contribution >= 0.6 is 0 Å². The van der Waals surface area contributed by atoms with Gasteiger partial charge in [0.25, 0.3) is 0 Å². The monoisotopic (exact) mass is 263 g/mol. The van der Waals surface area contributed by atoms with Crippen LogP contribution in [0.3, 0.4) is 0 Å². The van der Waals surface area contributed by atoms with E-state index in [2.05, 4.69) is 6.92 Å². The number of quaternary nitrogens is 1. The lowest BCUT2D eigenvalue weighted by Crippen LogP contribution is -2.96. The van der Waals surface area contributed by atoms with Gasteiger partial charge in [-0.25, -0.2) is 0 Å². The minimum Gasteiger partial charge on any atom is -0.870 e. The van der Waals surface area contributed by atoms with E-state index in [0.717, 1.165) is 13.0 Å². The van der Waals surface area contributed by atoms with Crippen LogP contribution in [0.15, 0.2) is 0 Å². The molecule has 0 unspecified atom stereocenters. The van der Waals surface area contributed by atoms with Crippen molar-refractivity contribution in [1.82, 2.24) is 0 Å². The molecule has 0 amide bonds. The van der Waals surface area contributed by atoms with Crippen LogP contribution in [-0.4, -0.2) is 28.1 Å². The van der Waals surface area contributed by atoms with Crippen LogP contribution in [0.5, 0.6) is 0 Å². The first-order chi connectivity index (χ1) is 8.06. The summed E-state index contributed by atoms with van der Waals surface area (Å²) in [6.45, 7) is 4.46. The van der Waals surface area contributed by atoms with Crippen LogP contribution in [0.2, 0.25) is 0 Å². The van der Waals surface area contributed by atoms with E-state index in [1.807, 2.05) is 0 Å². The van der Waals surface area contributed by atoms with Crippen LogP contribution in [-0.2, 0) is 0 Å². The fourth-order valence-electron chi connectivity index (χ4n) is 2.01. The van der Waals surface area contributed by atoms with Crippen molar-refractivity contribution in [1.29, 1.82) is 0 Å². The van der Waals surface area contributed by atoms with E-state index in [1.54, 1.807) is 5.32 Å². The minimum absolute atomic E-state index is 0. The lowest BCUT2D eigenvalue weighted by atomic mass is 10.1. The highest BCUT2D eigenvalue weighted by molar-refractivity contribution is 4.46. The van der Waals surface area contributed by atoms with Gasteiger partial charge in [0, 0.05) is 6.92 Å². The molecular formula is C14H33NO3. The molecule has 0 spiro atoms. The van der Waals surface area contributed by atoms with Crippen molar-refractivity contribution in [2.45, 2.75) is 84.0 Å². The van der Waals surface area contributed by atoms with Crippen molar-refractivity contribution in [2.75, 3.05) is 6.54 Å². The Morgan fingerprint density at radius 2 is 1.17 bits per heavy atom. The van der Waals surface area contributed by atoms with Crippen LogP contribution in [0.1, 0.15) is 78.1 Å². The fourth-order valence-corrected chi connectivity index (χ4v) is 2.01. The Hall–Kier alpha value is -0.160. The van der Waals surface area contributed by atoms with Gasteiger partial charge in [0.05, 0.1) is 6.54 Å². The molecule has 4 nitrogen and oxygen atoms in total. The molecule has 112 valence electrons. The Morgan fingerprint density at radius 1 is 0.778 bits per heavy atom. The first-order valence-corrected chi connectivity index (χ1v) is 7.35. The van der Waals surface area contributed by atoms with E-state index < -0.39 is 5.91 Å². The second-order valence-corrected chi connectivity index (χ2v) is 5.27. The van der Waals surface area contributed by atoms with E-state index in [0.29, 0.717) is 0 Å². The van der Waals surface area contributed by atoms with Crippen molar-refractivity contribution in [2.24, 2.45) is 0 Å². The van der Waals surface area contributed by atoms with E-state index in [4.69, 9.17) is 10.2 Å². The smallest absolute Gasteiger partial charge is 0.307 e. The summed E-state index contributed by atoms with van der Waals surface area (Å²) in [4.78, 5) is 0. The molecule has 18 heavy (non-hydrogen) atoms.